The molecule has 1 rings (SSSR count). The molecule has 1 heterocycles. The van der Waals surface area contributed by atoms with E-state index in [9.17, 15) is 9.59 Å². The lowest BCUT2D eigenvalue weighted by molar-refractivity contribution is -0.140. The number of carboxylic acid groups (broad SMARTS) is 1. The molecule has 0 aromatic carbocycles. The molecule has 1 N–H and O–H groups in total. The number of epoxide rings is 1. The van der Waals surface area contributed by atoms with Gasteiger partial charge in [0.2, 0.25) is 0 Å². The fraction of sp³-hybridized carbons (Fsp3) is 0.760. The molecule has 0 bridgehead atoms. The number of carbonyl (C=O) groups excluding carboxylic acids is 1. The van der Waals surface area contributed by atoms with Crippen LogP contribution in [0.2, 0.25) is 0 Å². The van der Waals surface area contributed by atoms with Crippen LogP contribution in [0.5, 0.6) is 0 Å². The van der Waals surface area contributed by atoms with Crippen molar-refractivity contribution < 1.29 is 24.2 Å². The zero-order chi connectivity index (χ0) is 21.9. The lowest BCUT2D eigenvalue weighted by Crippen LogP contribution is -2.13. The topological polar surface area (TPSA) is 76.1 Å². The molecule has 1 unspecified atom stereocenters. The van der Waals surface area contributed by atoms with E-state index in [0.29, 0.717) is 13.0 Å². The first-order chi connectivity index (χ1) is 14.6. The first-order valence-electron chi connectivity index (χ1n) is 12.0. The van der Waals surface area contributed by atoms with E-state index in [1.54, 1.807) is 0 Å². The standard InChI is InChI=1S/C25H42O5/c1-2-3-4-5-6-7-8-9-10-11-12-13-14-15-16-17-18-22(19-24(26)27)25(28)30-21-23-20-29-23/h9-10,19,23H,2-8,11-18,20-21H2,1H3,(H,26,27)/b10-9-,22-19-. The molecule has 0 spiro atoms. The Balaban J connectivity index is 1.96. The van der Waals surface area contributed by atoms with Crippen molar-refractivity contribution in [3.05, 3.63) is 23.8 Å². The van der Waals surface area contributed by atoms with Gasteiger partial charge in [-0.05, 0) is 38.5 Å². The summed E-state index contributed by atoms with van der Waals surface area (Å²) in [7, 11) is 0. The third-order valence-corrected chi connectivity index (χ3v) is 5.32. The maximum atomic E-state index is 12.0. The number of esters is 1. The van der Waals surface area contributed by atoms with Gasteiger partial charge >= 0.3 is 11.9 Å². The summed E-state index contributed by atoms with van der Waals surface area (Å²) in [5.41, 5.74) is 0.249. The van der Waals surface area contributed by atoms with E-state index in [1.165, 1.54) is 64.2 Å². The number of ether oxygens (including phenoxy) is 2. The summed E-state index contributed by atoms with van der Waals surface area (Å²) in [5, 5.41) is 8.94. The highest BCUT2D eigenvalue weighted by atomic mass is 16.6. The number of hydrogen-bond donors (Lipinski definition) is 1. The number of unbranched alkanes of at least 4 members (excludes halogenated alkanes) is 12. The molecule has 172 valence electrons. The van der Waals surface area contributed by atoms with Crippen LogP contribution in [0, 0.1) is 0 Å². The van der Waals surface area contributed by atoms with E-state index >= 15 is 0 Å². The Hall–Kier alpha value is -1.62. The molecule has 1 atom stereocenters. The van der Waals surface area contributed by atoms with Gasteiger partial charge in [-0.25, -0.2) is 9.59 Å². The molecule has 0 aliphatic carbocycles. The Morgan fingerprint density at radius 2 is 1.43 bits per heavy atom. The minimum atomic E-state index is -1.10. The molecule has 0 saturated carbocycles. The van der Waals surface area contributed by atoms with Gasteiger partial charge in [0, 0.05) is 11.6 Å². The SMILES string of the molecule is CCCCCCCC/C=C\CCCCCCCC/C(=C/C(=O)O)C(=O)OCC1CO1. The number of carboxylic acids is 1. The van der Waals surface area contributed by atoms with E-state index in [0.717, 1.165) is 31.8 Å². The van der Waals surface area contributed by atoms with Crippen LogP contribution in [-0.4, -0.2) is 36.4 Å². The van der Waals surface area contributed by atoms with Crippen molar-refractivity contribution in [2.45, 2.75) is 109 Å². The van der Waals surface area contributed by atoms with Crippen LogP contribution in [0.15, 0.2) is 23.8 Å². The second-order valence-electron chi connectivity index (χ2n) is 8.25. The van der Waals surface area contributed by atoms with Gasteiger partial charge in [-0.15, -0.1) is 0 Å². The Morgan fingerprint density at radius 1 is 0.900 bits per heavy atom. The fourth-order valence-corrected chi connectivity index (χ4v) is 3.37. The summed E-state index contributed by atoms with van der Waals surface area (Å²) in [6, 6.07) is 0. The van der Waals surface area contributed by atoms with Crippen LogP contribution in [0.3, 0.4) is 0 Å². The summed E-state index contributed by atoms with van der Waals surface area (Å²) >= 11 is 0. The molecular weight excluding hydrogens is 380 g/mol. The van der Waals surface area contributed by atoms with Crippen LogP contribution >= 0.6 is 0 Å². The number of allylic oxidation sites excluding steroid dienone is 2. The highest BCUT2D eigenvalue weighted by Crippen LogP contribution is 2.16. The molecule has 1 aliphatic rings. The fourth-order valence-electron chi connectivity index (χ4n) is 3.37. The van der Waals surface area contributed by atoms with Crippen molar-refractivity contribution in [1.29, 1.82) is 0 Å². The van der Waals surface area contributed by atoms with Crippen LogP contribution in [0.1, 0.15) is 103 Å². The van der Waals surface area contributed by atoms with Gasteiger partial charge in [0.15, 0.2) is 0 Å². The van der Waals surface area contributed by atoms with Gasteiger partial charge < -0.3 is 14.6 Å². The number of hydrogen-bond acceptors (Lipinski definition) is 4. The van der Waals surface area contributed by atoms with Gasteiger partial charge in [-0.3, -0.25) is 0 Å². The molecule has 1 saturated heterocycles. The zero-order valence-electron chi connectivity index (χ0n) is 18.9. The minimum absolute atomic E-state index is 0.00887. The van der Waals surface area contributed by atoms with E-state index in [2.05, 4.69) is 19.1 Å². The van der Waals surface area contributed by atoms with Crippen LogP contribution in [0.4, 0.5) is 0 Å². The Kier molecular flexibility index (Phi) is 16.0. The second kappa shape index (κ2) is 18.2. The molecule has 1 fully saturated rings. The van der Waals surface area contributed by atoms with Crippen LogP contribution in [0.25, 0.3) is 0 Å². The van der Waals surface area contributed by atoms with Gasteiger partial charge in [0.1, 0.15) is 12.7 Å². The first kappa shape index (κ1) is 26.4. The van der Waals surface area contributed by atoms with Gasteiger partial charge in [-0.1, -0.05) is 76.9 Å². The number of aliphatic carboxylic acids is 1. The molecule has 0 aromatic heterocycles. The lowest BCUT2D eigenvalue weighted by atomic mass is 10.0. The maximum absolute atomic E-state index is 12.0. The average Bonchev–Trinajstić information content (AvgIpc) is 3.55. The van der Waals surface area contributed by atoms with Gasteiger partial charge in [-0.2, -0.15) is 0 Å². The second-order valence-corrected chi connectivity index (χ2v) is 8.25. The third kappa shape index (κ3) is 16.2. The summed E-state index contributed by atoms with van der Waals surface area (Å²) in [4.78, 5) is 22.9. The lowest BCUT2D eigenvalue weighted by Gasteiger charge is -2.07. The van der Waals surface area contributed by atoms with Crippen molar-refractivity contribution in [2.24, 2.45) is 0 Å². The van der Waals surface area contributed by atoms with E-state index in [-0.39, 0.29) is 18.3 Å². The quantitative estimate of drug-likeness (QED) is 0.0811. The zero-order valence-corrected chi connectivity index (χ0v) is 18.9. The Labute approximate surface area is 182 Å². The van der Waals surface area contributed by atoms with Crippen molar-refractivity contribution in [3.8, 4) is 0 Å². The first-order valence-corrected chi connectivity index (χ1v) is 12.0. The van der Waals surface area contributed by atoms with E-state index < -0.39 is 11.9 Å². The summed E-state index contributed by atoms with van der Waals surface area (Å²) < 4.78 is 10.1. The summed E-state index contributed by atoms with van der Waals surface area (Å²) in [6.07, 6.45) is 23.2. The smallest absolute Gasteiger partial charge is 0.334 e. The highest BCUT2D eigenvalue weighted by Gasteiger charge is 2.25. The van der Waals surface area contributed by atoms with Crippen molar-refractivity contribution in [2.75, 3.05) is 13.2 Å². The molecule has 0 aromatic rings. The summed E-state index contributed by atoms with van der Waals surface area (Å²) in [5.74, 6) is -1.63. The molecule has 1 aliphatic heterocycles. The molecule has 5 nitrogen and oxygen atoms in total. The van der Waals surface area contributed by atoms with E-state index in [1.807, 2.05) is 0 Å². The maximum Gasteiger partial charge on any atom is 0.334 e. The van der Waals surface area contributed by atoms with Gasteiger partial charge in [0.05, 0.1) is 6.61 Å². The molecule has 30 heavy (non-hydrogen) atoms. The van der Waals surface area contributed by atoms with E-state index in [4.69, 9.17) is 14.6 Å². The normalized spacial score (nSPS) is 16.2. The predicted octanol–water partition coefficient (Wildman–Crippen LogP) is 6.37. The van der Waals surface area contributed by atoms with Crippen LogP contribution in [-0.2, 0) is 19.1 Å². The molecule has 0 radical (unpaired) electrons. The monoisotopic (exact) mass is 422 g/mol. The Bertz CT molecular complexity index is 520. The molecular formula is C25H42O5. The van der Waals surface area contributed by atoms with Crippen molar-refractivity contribution in [3.63, 3.8) is 0 Å². The van der Waals surface area contributed by atoms with Gasteiger partial charge in [0.25, 0.3) is 0 Å². The van der Waals surface area contributed by atoms with Crippen molar-refractivity contribution in [1.82, 2.24) is 0 Å². The molecule has 5 heteroatoms. The summed E-state index contributed by atoms with van der Waals surface area (Å²) in [6.45, 7) is 3.08. The van der Waals surface area contributed by atoms with Crippen molar-refractivity contribution >= 4 is 11.9 Å². The predicted molar refractivity (Wildman–Crippen MR) is 120 cm³/mol. The number of rotatable bonds is 20. The average molecular weight is 423 g/mol. The molecule has 0 amide bonds. The minimum Gasteiger partial charge on any atom is -0.478 e. The number of carbonyl (C=O) groups is 2. The third-order valence-electron chi connectivity index (χ3n) is 5.32. The highest BCUT2D eigenvalue weighted by molar-refractivity contribution is 5.95. The Morgan fingerprint density at radius 3 is 1.97 bits per heavy atom. The largest absolute Gasteiger partial charge is 0.478 e. The van der Waals surface area contributed by atoms with Crippen LogP contribution < -0.4 is 0 Å².